The molecule has 0 bridgehead atoms. The van der Waals surface area contributed by atoms with E-state index >= 15 is 0 Å². The summed E-state index contributed by atoms with van der Waals surface area (Å²) < 4.78 is 33.6. The number of ether oxygens (including phenoxy) is 1. The second kappa shape index (κ2) is 5.21. The van der Waals surface area contributed by atoms with Crippen LogP contribution in [0.1, 0.15) is 41.7 Å². The van der Waals surface area contributed by atoms with Crippen LogP contribution in [0.4, 0.5) is 0 Å². The van der Waals surface area contributed by atoms with Gasteiger partial charge in [0.05, 0.1) is 19.2 Å². The highest BCUT2D eigenvalue weighted by molar-refractivity contribution is 7.89. The topological polar surface area (TPSA) is 119 Å². The second-order valence-corrected chi connectivity index (χ2v) is 6.78. The van der Waals surface area contributed by atoms with Crippen molar-refractivity contribution in [2.24, 2.45) is 0 Å². The van der Waals surface area contributed by atoms with Crippen molar-refractivity contribution >= 4 is 16.0 Å². The molecule has 10 heteroatoms. The van der Waals surface area contributed by atoms with E-state index in [2.05, 4.69) is 24.5 Å². The molecular weight excluding hydrogens is 310 g/mol. The fraction of sp³-hybridized carbons (Fsp3) is 0.417. The van der Waals surface area contributed by atoms with Gasteiger partial charge in [0.1, 0.15) is 22.7 Å². The zero-order valence-electron chi connectivity index (χ0n) is 12.0. The first-order valence-corrected chi connectivity index (χ1v) is 8.09. The molecule has 118 valence electrons. The molecule has 0 amide bonds. The number of fused-ring (bicyclic) bond motifs is 1. The third-order valence-corrected chi connectivity index (χ3v) is 5.03. The zero-order valence-corrected chi connectivity index (χ0v) is 12.8. The Kier molecular flexibility index (Phi) is 3.49. The molecule has 0 aromatic carbocycles. The Morgan fingerprint density at radius 1 is 1.55 bits per heavy atom. The number of nitrogens with zero attached hydrogens (tertiary/aromatic N) is 3. The van der Waals surface area contributed by atoms with Crippen LogP contribution in [-0.2, 0) is 14.8 Å². The zero-order chi connectivity index (χ0) is 15.9. The van der Waals surface area contributed by atoms with Crippen molar-refractivity contribution < 1.29 is 17.9 Å². The van der Waals surface area contributed by atoms with Crippen molar-refractivity contribution in [2.45, 2.75) is 30.3 Å². The van der Waals surface area contributed by atoms with E-state index in [0.717, 1.165) is 0 Å². The number of carbonyl (C=O) groups is 1. The van der Waals surface area contributed by atoms with Crippen LogP contribution in [0.2, 0.25) is 0 Å². The molecule has 1 aliphatic heterocycles. The van der Waals surface area contributed by atoms with Crippen molar-refractivity contribution in [1.82, 2.24) is 24.5 Å². The molecule has 0 saturated heterocycles. The first-order chi connectivity index (χ1) is 10.4. The van der Waals surface area contributed by atoms with Crippen molar-refractivity contribution in [3.63, 3.8) is 0 Å². The first-order valence-electron chi connectivity index (χ1n) is 6.61. The van der Waals surface area contributed by atoms with Crippen LogP contribution in [0.3, 0.4) is 0 Å². The minimum atomic E-state index is -3.78. The monoisotopic (exact) mass is 325 g/mol. The highest BCUT2D eigenvalue weighted by atomic mass is 32.2. The predicted octanol–water partition coefficient (Wildman–Crippen LogP) is 0.377. The summed E-state index contributed by atoms with van der Waals surface area (Å²) in [7, 11) is -2.55. The fourth-order valence-electron chi connectivity index (χ4n) is 2.51. The number of H-pyrrole nitrogens is 1. The summed E-state index contributed by atoms with van der Waals surface area (Å²) in [6.07, 6.45) is 3.22. The van der Waals surface area contributed by atoms with Crippen molar-refractivity contribution in [3.05, 3.63) is 30.1 Å². The molecule has 22 heavy (non-hydrogen) atoms. The lowest BCUT2D eigenvalue weighted by molar-refractivity contribution is 0.0595. The number of carbonyl (C=O) groups excluding carboxylic acids is 1. The summed E-state index contributed by atoms with van der Waals surface area (Å²) in [5.41, 5.74) is 0.0748. The molecule has 0 fully saturated rings. The molecule has 0 radical (unpaired) electrons. The van der Waals surface area contributed by atoms with Gasteiger partial charge in [0.2, 0.25) is 10.0 Å². The lowest BCUT2D eigenvalue weighted by Gasteiger charge is -2.10. The van der Waals surface area contributed by atoms with Crippen molar-refractivity contribution in [3.8, 4) is 0 Å². The molecule has 0 aliphatic carbocycles. The van der Waals surface area contributed by atoms with Gasteiger partial charge in [-0.2, -0.15) is 5.10 Å². The van der Waals surface area contributed by atoms with Crippen molar-refractivity contribution in [2.75, 3.05) is 7.11 Å². The standard InChI is InChI=1S/C12H15N5O4S/c1-7-3-9(11-14-6-15-17(7)11)16-22(19,20)8-4-10(13-5-8)12(18)21-2/h4-7,9,13,16H,3H2,1-2H3. The number of nitrogens with one attached hydrogen (secondary N) is 2. The molecule has 3 heterocycles. The molecule has 9 nitrogen and oxygen atoms in total. The Labute approximate surface area is 126 Å². The van der Waals surface area contributed by atoms with Gasteiger partial charge < -0.3 is 9.72 Å². The molecule has 2 aromatic rings. The number of esters is 1. The van der Waals surface area contributed by atoms with Crippen LogP contribution >= 0.6 is 0 Å². The number of aromatic amines is 1. The van der Waals surface area contributed by atoms with Gasteiger partial charge in [-0.15, -0.1) is 0 Å². The number of methoxy groups -OCH3 is 1. The summed E-state index contributed by atoms with van der Waals surface area (Å²) in [5, 5.41) is 4.07. The lowest BCUT2D eigenvalue weighted by atomic mass is 10.2. The Balaban J connectivity index is 1.83. The third-order valence-electron chi connectivity index (χ3n) is 3.58. The third kappa shape index (κ3) is 2.40. The summed E-state index contributed by atoms with van der Waals surface area (Å²) in [6, 6.07) is 0.859. The van der Waals surface area contributed by atoms with E-state index in [9.17, 15) is 13.2 Å². The maximum Gasteiger partial charge on any atom is 0.354 e. The van der Waals surface area contributed by atoms with Gasteiger partial charge in [0.15, 0.2) is 0 Å². The molecule has 3 rings (SSSR count). The van der Waals surface area contributed by atoms with Crippen LogP contribution in [0.25, 0.3) is 0 Å². The van der Waals surface area contributed by atoms with E-state index < -0.39 is 22.0 Å². The van der Waals surface area contributed by atoms with Gasteiger partial charge >= 0.3 is 5.97 Å². The molecular formula is C12H15N5O4S. The summed E-state index contributed by atoms with van der Waals surface area (Å²) in [6.45, 7) is 1.94. The van der Waals surface area contributed by atoms with Crippen LogP contribution in [0, 0.1) is 0 Å². The Morgan fingerprint density at radius 2 is 2.32 bits per heavy atom. The number of rotatable bonds is 4. The summed E-state index contributed by atoms with van der Waals surface area (Å²) in [4.78, 5) is 18.0. The number of aromatic nitrogens is 4. The van der Waals surface area contributed by atoms with Gasteiger partial charge in [-0.25, -0.2) is 27.6 Å². The van der Waals surface area contributed by atoms with E-state index in [-0.39, 0.29) is 16.6 Å². The van der Waals surface area contributed by atoms with E-state index in [1.54, 1.807) is 4.68 Å². The van der Waals surface area contributed by atoms with Crippen LogP contribution in [-0.4, -0.2) is 41.2 Å². The highest BCUT2D eigenvalue weighted by Gasteiger charge is 2.34. The van der Waals surface area contributed by atoms with Gasteiger partial charge in [0, 0.05) is 6.20 Å². The second-order valence-electron chi connectivity index (χ2n) is 5.06. The van der Waals surface area contributed by atoms with Crippen LogP contribution < -0.4 is 4.72 Å². The van der Waals surface area contributed by atoms with Crippen molar-refractivity contribution in [1.29, 1.82) is 0 Å². The van der Waals surface area contributed by atoms with Crippen LogP contribution in [0.15, 0.2) is 23.5 Å². The van der Waals surface area contributed by atoms with E-state index in [1.807, 2.05) is 6.92 Å². The maximum absolute atomic E-state index is 12.4. The first kappa shape index (κ1) is 14.7. The quantitative estimate of drug-likeness (QED) is 0.784. The minimum absolute atomic E-state index is 0.0291. The number of hydrogen-bond donors (Lipinski definition) is 2. The molecule has 1 aliphatic rings. The average Bonchev–Trinajstić information content (AvgIpc) is 3.17. The van der Waals surface area contributed by atoms with Gasteiger partial charge in [-0.3, -0.25) is 0 Å². The van der Waals surface area contributed by atoms with Gasteiger partial charge in [-0.1, -0.05) is 0 Å². The number of hydrogen-bond acceptors (Lipinski definition) is 6. The van der Waals surface area contributed by atoms with Gasteiger partial charge in [-0.05, 0) is 19.4 Å². The van der Waals surface area contributed by atoms with E-state index in [0.29, 0.717) is 12.2 Å². The highest BCUT2D eigenvalue weighted by Crippen LogP contribution is 2.32. The van der Waals surface area contributed by atoms with E-state index in [1.165, 1.54) is 25.7 Å². The Bertz CT molecular complexity index is 809. The number of sulfonamides is 1. The normalized spacial score (nSPS) is 20.8. The largest absolute Gasteiger partial charge is 0.464 e. The molecule has 0 spiro atoms. The van der Waals surface area contributed by atoms with Gasteiger partial charge in [0.25, 0.3) is 0 Å². The molecule has 2 unspecified atom stereocenters. The average molecular weight is 325 g/mol. The predicted molar refractivity (Wildman–Crippen MR) is 74.5 cm³/mol. The maximum atomic E-state index is 12.4. The van der Waals surface area contributed by atoms with Crippen LogP contribution in [0.5, 0.6) is 0 Å². The fourth-order valence-corrected chi connectivity index (χ4v) is 3.71. The lowest BCUT2D eigenvalue weighted by Crippen LogP contribution is -2.27. The summed E-state index contributed by atoms with van der Waals surface area (Å²) >= 11 is 0. The Morgan fingerprint density at radius 3 is 3.05 bits per heavy atom. The molecule has 2 aromatic heterocycles. The SMILES string of the molecule is COC(=O)c1cc(S(=O)(=O)NC2CC(C)n3ncnc32)c[nH]1. The smallest absolute Gasteiger partial charge is 0.354 e. The van der Waals surface area contributed by atoms with E-state index in [4.69, 9.17) is 0 Å². The molecule has 0 saturated carbocycles. The Hall–Kier alpha value is -2.20. The molecule has 2 atom stereocenters. The molecule has 2 N–H and O–H groups in total. The summed E-state index contributed by atoms with van der Waals surface area (Å²) in [5.74, 6) is -0.0458. The minimum Gasteiger partial charge on any atom is -0.464 e.